The lowest BCUT2D eigenvalue weighted by atomic mass is 9.92. The number of fused-ring (bicyclic) bond motifs is 1. The number of hydrogen-bond donors (Lipinski definition) is 1. The first-order valence-corrected chi connectivity index (χ1v) is 6.70. The van der Waals surface area contributed by atoms with Crippen LogP contribution in [0.1, 0.15) is 39.5 Å². The molecule has 1 N–H and O–H groups in total. The normalized spacial score (nSPS) is 40.4. The first-order valence-electron chi connectivity index (χ1n) is 14.2. The SMILES string of the molecule is [2H]c1nc(N([C@H]2C([2H])([2H])N(C(=O)C[N+]#[C-])C([2H])([2H])C([2H])([2H])[C@@]2([2H])C([2H])([2H])[2H])C([2H])([2H])[2H])c2c([2H])c(C)[nH]c2n1. The average molecular weight is 341 g/mol. The third-order valence-electron chi connectivity index (χ3n) is 3.17. The van der Waals surface area contributed by atoms with Crippen molar-refractivity contribution < 1.29 is 25.4 Å². The van der Waals surface area contributed by atoms with Crippen molar-refractivity contribution in [2.24, 2.45) is 5.89 Å². The molecule has 0 aliphatic carbocycles. The molecule has 126 valence electrons. The molecule has 24 heavy (non-hydrogen) atoms. The van der Waals surface area contributed by atoms with Crippen LogP contribution in [0.5, 0.6) is 0 Å². The predicted molar refractivity (Wildman–Crippen MR) is 92.6 cm³/mol. The van der Waals surface area contributed by atoms with Crippen LogP contribution in [0.15, 0.2) is 12.3 Å². The number of H-pyrrole nitrogens is 1. The Balaban J connectivity index is 2.59. The number of likely N-dealkylation sites (tertiary alicyclic amines) is 1. The summed E-state index contributed by atoms with van der Waals surface area (Å²) in [5.41, 5.74) is -0.182. The number of aromatic amines is 1. The molecule has 7 heteroatoms. The Morgan fingerprint density at radius 1 is 1.75 bits per heavy atom. The fraction of sp³-hybridized carbons (Fsp3) is 0.529. The van der Waals surface area contributed by atoms with Gasteiger partial charge in [-0.1, -0.05) is 6.85 Å². The number of carbonyl (C=O) groups excluding carboxylic acids is 1. The second kappa shape index (κ2) is 6.48. The third-order valence-corrected chi connectivity index (χ3v) is 3.17. The molecule has 0 spiro atoms. The van der Waals surface area contributed by atoms with Gasteiger partial charge in [-0.15, -0.1) is 0 Å². The Bertz CT molecular complexity index is 1360. The Morgan fingerprint density at radius 2 is 2.62 bits per heavy atom. The molecule has 1 saturated heterocycles. The minimum absolute atomic E-state index is 0.0784. The topological polar surface area (TPSA) is 69.5 Å². The summed E-state index contributed by atoms with van der Waals surface area (Å²) in [4.78, 5) is 25.2. The van der Waals surface area contributed by atoms with Crippen molar-refractivity contribution in [2.45, 2.75) is 26.2 Å². The van der Waals surface area contributed by atoms with Crippen molar-refractivity contribution in [1.82, 2.24) is 19.9 Å². The Hall–Kier alpha value is -2.62. The van der Waals surface area contributed by atoms with Crippen molar-refractivity contribution >= 4 is 22.8 Å². The van der Waals surface area contributed by atoms with Gasteiger partial charge in [-0.2, -0.15) is 0 Å². The fourth-order valence-electron chi connectivity index (χ4n) is 2.10. The smallest absolute Gasteiger partial charge is 0.302 e. The van der Waals surface area contributed by atoms with Crippen molar-refractivity contribution in [3.8, 4) is 0 Å². The van der Waals surface area contributed by atoms with E-state index in [9.17, 15) is 4.79 Å². The zero-order chi connectivity index (χ0) is 30.3. The van der Waals surface area contributed by atoms with Gasteiger partial charge < -0.3 is 19.6 Å². The van der Waals surface area contributed by atoms with E-state index in [0.717, 1.165) is 0 Å². The maximum atomic E-state index is 12.9. The molecule has 1 fully saturated rings. The van der Waals surface area contributed by atoms with E-state index in [1.165, 1.54) is 6.92 Å². The first kappa shape index (κ1) is 6.03. The molecule has 3 rings (SSSR count). The zero-order valence-electron chi connectivity index (χ0n) is 27.4. The second-order valence-corrected chi connectivity index (χ2v) is 4.84. The molecule has 1 amide bonds. The summed E-state index contributed by atoms with van der Waals surface area (Å²) in [5, 5.41) is -0.434. The van der Waals surface area contributed by atoms with Gasteiger partial charge in [0.25, 0.3) is 6.54 Å². The molecule has 2 aromatic heterocycles. The minimum atomic E-state index is -4.00. The molecule has 3 heterocycles. The number of piperidine rings is 1. The monoisotopic (exact) mass is 341 g/mol. The molecule has 1 aliphatic heterocycles. The first-order chi connectivity index (χ1) is 17.4. The molecule has 2 atom stereocenters. The number of carbonyl (C=O) groups is 1. The zero-order valence-corrected chi connectivity index (χ0v) is 12.4. The minimum Gasteiger partial charge on any atom is -0.354 e. The van der Waals surface area contributed by atoms with Crippen LogP contribution in [0.4, 0.5) is 5.82 Å². The van der Waals surface area contributed by atoms with Gasteiger partial charge >= 0.3 is 5.91 Å². The van der Waals surface area contributed by atoms with Crippen LogP contribution < -0.4 is 4.90 Å². The maximum Gasteiger partial charge on any atom is 0.302 e. The lowest BCUT2D eigenvalue weighted by Gasteiger charge is -2.41. The number of aryl methyl sites for hydroxylation is 1. The van der Waals surface area contributed by atoms with Crippen LogP contribution in [0.25, 0.3) is 15.9 Å². The number of anilines is 1. The largest absolute Gasteiger partial charge is 0.354 e. The number of likely N-dealkylation sites (N-methyl/N-ethyl adjacent to an activating group) is 1. The van der Waals surface area contributed by atoms with E-state index in [0.29, 0.717) is 0 Å². The molecule has 1 aliphatic rings. The molecule has 0 saturated carbocycles. The van der Waals surface area contributed by atoms with Gasteiger partial charge in [0.05, 0.1) is 15.5 Å². The van der Waals surface area contributed by atoms with E-state index in [4.69, 9.17) is 27.1 Å². The van der Waals surface area contributed by atoms with Crippen LogP contribution in [0.3, 0.4) is 0 Å². The van der Waals surface area contributed by atoms with Gasteiger partial charge in [-0.3, -0.25) is 4.79 Å². The highest BCUT2D eigenvalue weighted by Gasteiger charge is 2.33. The molecule has 0 bridgehead atoms. The molecule has 7 nitrogen and oxygen atoms in total. The average Bonchev–Trinajstić information content (AvgIpc) is 3.01. The van der Waals surface area contributed by atoms with Gasteiger partial charge in [-0.05, 0) is 25.2 Å². The quantitative estimate of drug-likeness (QED) is 0.865. The van der Waals surface area contributed by atoms with E-state index in [-0.39, 0.29) is 21.1 Å². The summed E-state index contributed by atoms with van der Waals surface area (Å²) in [7, 11) is 0. The summed E-state index contributed by atoms with van der Waals surface area (Å²) < 4.78 is 125. The van der Waals surface area contributed by atoms with Gasteiger partial charge in [0.2, 0.25) is 0 Å². The Labute approximate surface area is 162 Å². The number of amides is 1. The summed E-state index contributed by atoms with van der Waals surface area (Å²) in [5.74, 6) is -6.55. The molecule has 0 aromatic carbocycles. The number of nitrogens with zero attached hydrogens (tertiary/aromatic N) is 5. The summed E-state index contributed by atoms with van der Waals surface area (Å²) in [6.07, 6.45) is -4.87. The van der Waals surface area contributed by atoms with E-state index >= 15 is 0 Å². The van der Waals surface area contributed by atoms with Gasteiger partial charge in [0.15, 0.2) is 0 Å². The predicted octanol–water partition coefficient (Wildman–Crippen LogP) is 1.86. The highest BCUT2D eigenvalue weighted by atomic mass is 16.2. The number of aromatic nitrogens is 3. The summed E-state index contributed by atoms with van der Waals surface area (Å²) in [6, 6.07) is -3.50. The van der Waals surface area contributed by atoms with Crippen molar-refractivity contribution in [3.05, 3.63) is 29.5 Å². The van der Waals surface area contributed by atoms with E-state index < -0.39 is 81.1 Å². The highest BCUT2D eigenvalue weighted by Crippen LogP contribution is 2.29. The van der Waals surface area contributed by atoms with Gasteiger partial charge in [0, 0.05) is 40.7 Å². The lowest BCUT2D eigenvalue weighted by molar-refractivity contribution is -0.130. The number of rotatable bonds is 3. The molecule has 0 radical (unpaired) electrons. The van der Waals surface area contributed by atoms with Crippen LogP contribution >= 0.6 is 0 Å². The fourth-order valence-corrected chi connectivity index (χ4v) is 2.10. The molecule has 0 unspecified atom stereocenters. The summed E-state index contributed by atoms with van der Waals surface area (Å²) in [6.45, 7) is -8.17. The van der Waals surface area contributed by atoms with Crippen molar-refractivity contribution in [3.63, 3.8) is 0 Å². The van der Waals surface area contributed by atoms with Crippen LogP contribution in [0, 0.1) is 19.4 Å². The Kier molecular flexibility index (Phi) is 1.63. The standard InChI is InChI=1S/C17H22N6O/c1-11-5-6-23(15(24)8-18-3)9-14(11)22(4)17-13-7-12(2)21-16(13)19-10-20-17/h7,10-11,14H,5-6,8-9H2,1-2,4H3,(H,19,20,21)/t11-,14+/m1/s1/i1D3,4D3,5D2,6D2,7D,9D2,10D,11D. The van der Waals surface area contributed by atoms with Crippen LogP contribution in [-0.4, -0.2) is 58.3 Å². The van der Waals surface area contributed by atoms with Crippen LogP contribution in [-0.2, 0) is 4.79 Å². The second-order valence-electron chi connectivity index (χ2n) is 4.84. The van der Waals surface area contributed by atoms with Crippen LogP contribution in [0.2, 0.25) is 0 Å². The number of hydrogen-bond acceptors (Lipinski definition) is 4. The summed E-state index contributed by atoms with van der Waals surface area (Å²) >= 11 is 0. The molecular weight excluding hydrogens is 304 g/mol. The lowest BCUT2D eigenvalue weighted by Crippen LogP contribution is -2.53. The van der Waals surface area contributed by atoms with Crippen molar-refractivity contribution in [2.75, 3.05) is 31.4 Å². The van der Waals surface area contributed by atoms with Gasteiger partial charge in [-0.25, -0.2) is 16.5 Å². The third kappa shape index (κ3) is 2.92. The van der Waals surface area contributed by atoms with Gasteiger partial charge in [0.1, 0.15) is 19.1 Å². The van der Waals surface area contributed by atoms with E-state index in [2.05, 4.69) is 19.8 Å². The molecule has 2 aromatic rings. The maximum absolute atomic E-state index is 12.9. The van der Waals surface area contributed by atoms with E-state index in [1.807, 2.05) is 0 Å². The number of nitrogens with one attached hydrogen (secondary N) is 1. The Morgan fingerprint density at radius 3 is 3.38 bits per heavy atom. The molecular formula is C17H22N6O. The highest BCUT2D eigenvalue weighted by molar-refractivity contribution is 5.88. The van der Waals surface area contributed by atoms with Crippen molar-refractivity contribution in [1.29, 1.82) is 0 Å². The van der Waals surface area contributed by atoms with E-state index in [1.54, 1.807) is 0 Å².